The normalized spacial score (nSPS) is 31.4. The Morgan fingerprint density at radius 2 is 2.07 bits per heavy atom. The molecule has 0 spiro atoms. The third-order valence-electron chi connectivity index (χ3n) is 6.17. The van der Waals surface area contributed by atoms with Crippen molar-refractivity contribution in [2.75, 3.05) is 20.3 Å². The minimum atomic E-state index is -0.708. The van der Waals surface area contributed by atoms with E-state index in [0.717, 1.165) is 0 Å². The summed E-state index contributed by atoms with van der Waals surface area (Å²) >= 11 is 6.43. The maximum Gasteiger partial charge on any atom is 0.290 e. The molecule has 8 heteroatoms. The summed E-state index contributed by atoms with van der Waals surface area (Å²) in [5.41, 5.74) is 0.907. The number of ketones is 1. The van der Waals surface area contributed by atoms with Gasteiger partial charge in [0.1, 0.15) is 6.10 Å². The minimum absolute atomic E-state index is 0.0407. The van der Waals surface area contributed by atoms with E-state index < -0.39 is 17.9 Å². The van der Waals surface area contributed by atoms with Crippen molar-refractivity contribution in [3.05, 3.63) is 35.1 Å². The summed E-state index contributed by atoms with van der Waals surface area (Å²) < 4.78 is 11.3. The topological polar surface area (TPSA) is 96.3 Å². The Hall–Kier alpha value is -2.25. The van der Waals surface area contributed by atoms with Crippen LogP contribution in [0.3, 0.4) is 0 Å². The lowest BCUT2D eigenvalue weighted by atomic mass is 9.74. The highest BCUT2D eigenvalue weighted by Gasteiger charge is 2.53. The van der Waals surface area contributed by atoms with E-state index in [4.69, 9.17) is 21.1 Å². The molecule has 0 radical (unpaired) electrons. The number of rotatable bonds is 4. The number of Topliss-reactive ketones (excluding diaryl/α,β-unsaturated/α-hetero) is 1. The van der Waals surface area contributed by atoms with E-state index in [1.54, 1.807) is 12.1 Å². The van der Waals surface area contributed by atoms with Crippen molar-refractivity contribution in [2.45, 2.75) is 37.3 Å². The molecule has 2 heterocycles. The maximum absolute atomic E-state index is 13.5. The number of phenols is 1. The van der Waals surface area contributed by atoms with Gasteiger partial charge in [0.15, 0.2) is 23.0 Å². The Balaban J connectivity index is 1.79. The molecule has 1 aliphatic carbocycles. The number of fused-ring (bicyclic) bond motifs is 1. The highest BCUT2D eigenvalue weighted by molar-refractivity contribution is 6.21. The number of carbonyl (C=O) groups is 2. The number of benzene rings is 1. The summed E-state index contributed by atoms with van der Waals surface area (Å²) in [4.78, 5) is 28.0. The molecule has 5 unspecified atom stereocenters. The number of β-amino-alcohol motifs (C(OH)–C–C–N with tert-alkyl or cyclic N) is 1. The van der Waals surface area contributed by atoms with Crippen molar-refractivity contribution >= 4 is 23.3 Å². The van der Waals surface area contributed by atoms with Crippen molar-refractivity contribution < 1.29 is 29.3 Å². The van der Waals surface area contributed by atoms with Gasteiger partial charge in [0.05, 0.1) is 31.2 Å². The highest BCUT2D eigenvalue weighted by Crippen LogP contribution is 2.48. The van der Waals surface area contributed by atoms with E-state index >= 15 is 0 Å². The molecule has 1 aromatic carbocycles. The van der Waals surface area contributed by atoms with Crippen LogP contribution in [0.1, 0.15) is 31.4 Å². The molecule has 3 aliphatic rings. The molecule has 0 bridgehead atoms. The van der Waals surface area contributed by atoms with Gasteiger partial charge in [-0.2, -0.15) is 0 Å². The van der Waals surface area contributed by atoms with Gasteiger partial charge >= 0.3 is 0 Å². The van der Waals surface area contributed by atoms with Crippen LogP contribution in [-0.2, 0) is 14.3 Å². The zero-order valence-electron chi connectivity index (χ0n) is 16.3. The van der Waals surface area contributed by atoms with Crippen molar-refractivity contribution in [3.63, 3.8) is 0 Å². The van der Waals surface area contributed by atoms with Crippen LogP contribution in [-0.4, -0.2) is 58.5 Å². The number of hydrogen-bond acceptors (Lipinski definition) is 6. The number of aliphatic hydroxyl groups is 1. The van der Waals surface area contributed by atoms with Gasteiger partial charge in [0.25, 0.3) is 5.91 Å². The number of aliphatic hydroxyl groups excluding tert-OH is 1. The average Bonchev–Trinajstić information content (AvgIpc) is 2.97. The molecule has 1 fully saturated rings. The summed E-state index contributed by atoms with van der Waals surface area (Å²) in [6.07, 6.45) is 0.758. The Morgan fingerprint density at radius 3 is 2.76 bits per heavy atom. The maximum atomic E-state index is 13.5. The number of halogens is 1. The van der Waals surface area contributed by atoms with Crippen LogP contribution in [0, 0.1) is 11.8 Å². The van der Waals surface area contributed by atoms with Gasteiger partial charge in [0, 0.05) is 11.9 Å². The Morgan fingerprint density at radius 1 is 1.31 bits per heavy atom. The Bertz CT molecular complexity index is 884. The van der Waals surface area contributed by atoms with Crippen LogP contribution in [0.4, 0.5) is 0 Å². The lowest BCUT2D eigenvalue weighted by molar-refractivity contribution is -0.136. The predicted molar refractivity (Wildman–Crippen MR) is 105 cm³/mol. The first-order valence-corrected chi connectivity index (χ1v) is 10.2. The molecule has 5 atom stereocenters. The van der Waals surface area contributed by atoms with E-state index in [1.165, 1.54) is 18.1 Å². The van der Waals surface area contributed by atoms with Crippen LogP contribution in [0.25, 0.3) is 0 Å². The largest absolute Gasteiger partial charge is 0.504 e. The first kappa shape index (κ1) is 20.0. The van der Waals surface area contributed by atoms with E-state index in [1.807, 2.05) is 6.92 Å². The molecule has 1 saturated carbocycles. The molecule has 29 heavy (non-hydrogen) atoms. The van der Waals surface area contributed by atoms with Gasteiger partial charge < -0.3 is 24.6 Å². The molecule has 2 N–H and O–H groups in total. The lowest BCUT2D eigenvalue weighted by Gasteiger charge is -2.40. The van der Waals surface area contributed by atoms with E-state index in [2.05, 4.69) is 0 Å². The van der Waals surface area contributed by atoms with Crippen molar-refractivity contribution in [3.8, 4) is 11.5 Å². The average molecular weight is 422 g/mol. The summed E-state index contributed by atoms with van der Waals surface area (Å²) in [6, 6.07) is 3.99. The van der Waals surface area contributed by atoms with Crippen molar-refractivity contribution in [2.24, 2.45) is 11.8 Å². The molecular formula is C21H24ClNO6. The van der Waals surface area contributed by atoms with Crippen LogP contribution in [0.15, 0.2) is 29.5 Å². The molecule has 1 aromatic rings. The Labute approximate surface area is 173 Å². The SMILES string of the molecule is COc1cc(C2C3=C(OC4CC(C)C(Cl)CC4C3=O)C(=O)N2CCO)ccc1O. The molecule has 2 aliphatic heterocycles. The molecular weight excluding hydrogens is 398 g/mol. The second-order valence-electron chi connectivity index (χ2n) is 7.89. The molecule has 0 aromatic heterocycles. The third-order valence-corrected chi connectivity index (χ3v) is 6.77. The van der Waals surface area contributed by atoms with Gasteiger partial charge in [-0.15, -0.1) is 11.6 Å². The zero-order valence-corrected chi connectivity index (χ0v) is 17.1. The fourth-order valence-electron chi connectivity index (χ4n) is 4.61. The number of ether oxygens (including phenoxy) is 2. The fourth-order valence-corrected chi connectivity index (χ4v) is 4.91. The molecule has 0 saturated heterocycles. The summed E-state index contributed by atoms with van der Waals surface area (Å²) in [5.74, 6) is -0.464. The third kappa shape index (κ3) is 3.16. The number of hydrogen-bond donors (Lipinski definition) is 2. The molecule has 4 rings (SSSR count). The number of alkyl halides is 1. The second kappa shape index (κ2) is 7.54. The van der Waals surface area contributed by atoms with Gasteiger partial charge in [-0.3, -0.25) is 9.59 Å². The lowest BCUT2D eigenvalue weighted by Crippen LogP contribution is -2.44. The molecule has 1 amide bonds. The first-order chi connectivity index (χ1) is 13.9. The van der Waals surface area contributed by atoms with Crippen LogP contribution < -0.4 is 4.74 Å². The van der Waals surface area contributed by atoms with Crippen molar-refractivity contribution in [1.29, 1.82) is 0 Å². The van der Waals surface area contributed by atoms with E-state index in [9.17, 15) is 19.8 Å². The monoisotopic (exact) mass is 421 g/mol. The van der Waals surface area contributed by atoms with Gasteiger partial charge in [-0.25, -0.2) is 0 Å². The number of nitrogens with zero attached hydrogens (tertiary/aromatic N) is 1. The summed E-state index contributed by atoms with van der Waals surface area (Å²) in [5, 5.41) is 19.3. The number of aromatic hydroxyl groups is 1. The quantitative estimate of drug-likeness (QED) is 0.723. The van der Waals surface area contributed by atoms with Gasteiger partial charge in [0.2, 0.25) is 0 Å². The van der Waals surface area contributed by atoms with E-state index in [-0.39, 0.29) is 53.6 Å². The number of phenolic OH excluding ortho intramolecular Hbond substituents is 1. The zero-order chi connectivity index (χ0) is 20.9. The van der Waals surface area contributed by atoms with Gasteiger partial charge in [-0.1, -0.05) is 13.0 Å². The highest BCUT2D eigenvalue weighted by atomic mass is 35.5. The first-order valence-electron chi connectivity index (χ1n) is 9.75. The van der Waals surface area contributed by atoms with Crippen LogP contribution in [0.5, 0.6) is 11.5 Å². The van der Waals surface area contributed by atoms with Crippen LogP contribution >= 0.6 is 11.6 Å². The predicted octanol–water partition coefficient (Wildman–Crippen LogP) is 2.15. The second-order valence-corrected chi connectivity index (χ2v) is 8.45. The minimum Gasteiger partial charge on any atom is -0.504 e. The smallest absolute Gasteiger partial charge is 0.290 e. The van der Waals surface area contributed by atoms with Crippen LogP contribution in [0.2, 0.25) is 0 Å². The Kier molecular flexibility index (Phi) is 5.21. The van der Waals surface area contributed by atoms with Gasteiger partial charge in [-0.05, 0) is 36.5 Å². The summed E-state index contributed by atoms with van der Waals surface area (Å²) in [6.45, 7) is 1.83. The fraction of sp³-hybridized carbons (Fsp3) is 0.524. The van der Waals surface area contributed by atoms with E-state index in [0.29, 0.717) is 24.0 Å². The summed E-state index contributed by atoms with van der Waals surface area (Å²) in [7, 11) is 1.43. The number of methoxy groups -OCH3 is 1. The molecule has 156 valence electrons. The van der Waals surface area contributed by atoms with Crippen molar-refractivity contribution in [1.82, 2.24) is 4.90 Å². The molecule has 7 nitrogen and oxygen atoms in total. The number of carbonyl (C=O) groups excluding carboxylic acids is 2. The standard InChI is InChI=1S/C21H24ClNO6/c1-10-7-15-12(9-13(10)22)19(26)17-18(11-3-4-14(25)16(8-11)28-2)23(5-6-24)21(27)20(17)29-15/h3-4,8,10,12-13,15,18,24-25H,5-7,9H2,1-2H3. The number of amides is 1.